The molecular weight excluding hydrogens is 283 g/mol. The second-order valence-electron chi connectivity index (χ2n) is 4.66. The molecule has 0 aromatic heterocycles. The molecule has 0 bridgehead atoms. The van der Waals surface area contributed by atoms with E-state index in [9.17, 15) is 4.57 Å². The van der Waals surface area contributed by atoms with Crippen molar-refractivity contribution in [3.8, 4) is 0 Å². The molecule has 1 aliphatic rings. The van der Waals surface area contributed by atoms with Gasteiger partial charge in [0.05, 0.1) is 0 Å². The lowest BCUT2D eigenvalue weighted by molar-refractivity contribution is 0.468. The van der Waals surface area contributed by atoms with Gasteiger partial charge in [0.25, 0.3) is 0 Å². The number of nitrogens with one attached hydrogen (secondary N) is 1. The Morgan fingerprint density at radius 3 is 1.62 bits per heavy atom. The van der Waals surface area contributed by atoms with Crippen LogP contribution < -0.4 is 11.0 Å². The van der Waals surface area contributed by atoms with Gasteiger partial charge < -0.3 is 4.74 Å². The Kier molecular flexibility index (Phi) is 3.76. The summed E-state index contributed by atoms with van der Waals surface area (Å²) in [6.07, 6.45) is 0. The molecule has 4 nitrogen and oxygen atoms in total. The lowest BCUT2D eigenvalue weighted by Gasteiger charge is -2.22. The lowest BCUT2D eigenvalue weighted by atomic mass is 10.2. The summed E-state index contributed by atoms with van der Waals surface area (Å²) in [6, 6.07) is 19.1. The van der Waals surface area contributed by atoms with Gasteiger partial charge in [-0.15, -0.1) is 0 Å². The van der Waals surface area contributed by atoms with Crippen molar-refractivity contribution in [1.82, 2.24) is 5.20 Å². The van der Waals surface area contributed by atoms with Crippen LogP contribution in [0.4, 0.5) is 0 Å². The first-order chi connectivity index (χ1) is 10.2. The molecule has 2 aromatic carbocycles. The monoisotopic (exact) mass is 298 g/mol. The van der Waals surface area contributed by atoms with Crippen LogP contribution in [0, 0.1) is 0 Å². The molecule has 2 aromatic rings. The highest BCUT2D eigenvalue weighted by atomic mass is 31.2. The number of benzene rings is 2. The quantitative estimate of drug-likeness (QED) is 0.514. The van der Waals surface area contributed by atoms with Crippen LogP contribution in [0.25, 0.3) is 11.5 Å². The van der Waals surface area contributed by atoms with Gasteiger partial charge in [-0.1, -0.05) is 60.7 Å². The number of nitrogens with two attached hydrogens (primary N) is 1. The van der Waals surface area contributed by atoms with E-state index in [-0.39, 0.29) is 0 Å². The van der Waals surface area contributed by atoms with Gasteiger partial charge >= 0.3 is 0 Å². The van der Waals surface area contributed by atoms with Crippen molar-refractivity contribution in [2.75, 3.05) is 0 Å². The second-order valence-corrected chi connectivity index (χ2v) is 6.85. The number of hydrogen-bond acceptors (Lipinski definition) is 3. The maximum absolute atomic E-state index is 12.7. The Bertz CT molecular complexity index is 680. The molecule has 5 heteroatoms. The highest BCUT2D eigenvalue weighted by Crippen LogP contribution is 2.52. The highest BCUT2D eigenvalue weighted by Gasteiger charge is 2.25. The molecule has 0 radical (unpaired) electrons. The van der Waals surface area contributed by atoms with Crippen LogP contribution in [-0.2, 0) is 9.30 Å². The molecule has 1 aliphatic heterocycles. The standard InChI is InChI=1S/C16H15N2O2P/c17-18-21(19)11-15(13-7-3-1-4-8-13)20-16(12-21)14-9-5-2-6-10-14/h1-12H,17H2,(H,18,19). The van der Waals surface area contributed by atoms with E-state index in [1.807, 2.05) is 60.7 Å². The average Bonchev–Trinajstić information content (AvgIpc) is 2.56. The van der Waals surface area contributed by atoms with Crippen molar-refractivity contribution < 1.29 is 9.30 Å². The van der Waals surface area contributed by atoms with E-state index in [0.717, 1.165) is 11.1 Å². The molecule has 0 saturated carbocycles. The first-order valence-electron chi connectivity index (χ1n) is 6.52. The van der Waals surface area contributed by atoms with Gasteiger partial charge in [0.2, 0.25) is 7.29 Å². The zero-order valence-electron chi connectivity index (χ0n) is 11.3. The van der Waals surface area contributed by atoms with Gasteiger partial charge in [-0.2, -0.15) is 0 Å². The molecule has 0 aliphatic carbocycles. The smallest absolute Gasteiger partial charge is 0.210 e. The van der Waals surface area contributed by atoms with Crippen molar-refractivity contribution in [3.05, 3.63) is 83.4 Å². The van der Waals surface area contributed by atoms with Crippen LogP contribution in [0.5, 0.6) is 0 Å². The van der Waals surface area contributed by atoms with E-state index >= 15 is 0 Å². The molecule has 0 amide bonds. The second kappa shape index (κ2) is 5.70. The van der Waals surface area contributed by atoms with Gasteiger partial charge in [0.15, 0.2) is 0 Å². The van der Waals surface area contributed by atoms with E-state index in [1.165, 1.54) is 0 Å². The average molecular weight is 298 g/mol. The Hall–Kier alpha value is -2.13. The van der Waals surface area contributed by atoms with Crippen LogP contribution in [0.2, 0.25) is 0 Å². The SMILES string of the molecule is NNP1(=O)C=C(c2ccccc2)OC(c2ccccc2)=C1. The van der Waals surface area contributed by atoms with Gasteiger partial charge in [0.1, 0.15) is 11.5 Å². The third kappa shape index (κ3) is 2.98. The van der Waals surface area contributed by atoms with Gasteiger partial charge in [-0.25, -0.2) is 5.20 Å². The summed E-state index contributed by atoms with van der Waals surface area (Å²) in [5, 5.41) is 2.40. The predicted octanol–water partition coefficient (Wildman–Crippen LogP) is 3.76. The Morgan fingerprint density at radius 1 is 0.810 bits per heavy atom. The molecule has 3 rings (SSSR count). The third-order valence-corrected chi connectivity index (χ3v) is 4.80. The summed E-state index contributed by atoms with van der Waals surface area (Å²) >= 11 is 0. The number of rotatable bonds is 3. The molecular formula is C16H15N2O2P. The van der Waals surface area contributed by atoms with Gasteiger partial charge in [0, 0.05) is 22.8 Å². The minimum absolute atomic E-state index is 0.540. The first kappa shape index (κ1) is 13.8. The molecule has 0 saturated heterocycles. The molecule has 0 spiro atoms. The molecule has 21 heavy (non-hydrogen) atoms. The fourth-order valence-electron chi connectivity index (χ4n) is 2.10. The van der Waals surface area contributed by atoms with E-state index in [2.05, 4.69) is 5.20 Å². The summed E-state index contributed by atoms with van der Waals surface area (Å²) in [5.74, 6) is 9.64. The number of hydrazine groups is 1. The molecule has 3 N–H and O–H groups in total. The van der Waals surface area contributed by atoms with Gasteiger partial charge in [-0.05, 0) is 0 Å². The van der Waals surface area contributed by atoms with E-state index in [0.29, 0.717) is 11.5 Å². The minimum atomic E-state index is -2.96. The van der Waals surface area contributed by atoms with E-state index < -0.39 is 7.29 Å². The Labute approximate surface area is 123 Å². The Morgan fingerprint density at radius 2 is 1.24 bits per heavy atom. The summed E-state index contributed by atoms with van der Waals surface area (Å²) in [6.45, 7) is 0. The van der Waals surface area contributed by atoms with Crippen LogP contribution in [0.1, 0.15) is 11.1 Å². The molecule has 0 fully saturated rings. The summed E-state index contributed by atoms with van der Waals surface area (Å²) < 4.78 is 18.6. The lowest BCUT2D eigenvalue weighted by Crippen LogP contribution is -2.18. The van der Waals surface area contributed by atoms with E-state index in [1.54, 1.807) is 11.6 Å². The van der Waals surface area contributed by atoms with Crippen LogP contribution in [-0.4, -0.2) is 0 Å². The number of ether oxygens (including phenoxy) is 1. The van der Waals surface area contributed by atoms with E-state index in [4.69, 9.17) is 10.6 Å². The number of hydrogen-bond donors (Lipinski definition) is 2. The zero-order valence-corrected chi connectivity index (χ0v) is 12.2. The molecule has 0 atom stereocenters. The predicted molar refractivity (Wildman–Crippen MR) is 84.9 cm³/mol. The normalized spacial score (nSPS) is 16.6. The van der Waals surface area contributed by atoms with Crippen molar-refractivity contribution in [2.45, 2.75) is 0 Å². The summed E-state index contributed by atoms with van der Waals surface area (Å²) in [4.78, 5) is 0. The molecule has 1 heterocycles. The van der Waals surface area contributed by atoms with Crippen molar-refractivity contribution in [2.24, 2.45) is 5.84 Å². The Balaban J connectivity index is 2.04. The first-order valence-corrected chi connectivity index (χ1v) is 8.36. The fourth-order valence-corrected chi connectivity index (χ4v) is 3.43. The zero-order chi connectivity index (χ0) is 14.7. The largest absolute Gasteiger partial charge is 0.456 e. The van der Waals surface area contributed by atoms with Crippen molar-refractivity contribution in [1.29, 1.82) is 0 Å². The maximum Gasteiger partial charge on any atom is 0.210 e. The van der Waals surface area contributed by atoms with Crippen molar-refractivity contribution >= 4 is 18.8 Å². The van der Waals surface area contributed by atoms with Crippen LogP contribution >= 0.6 is 7.29 Å². The fraction of sp³-hybridized carbons (Fsp3) is 0. The highest BCUT2D eigenvalue weighted by molar-refractivity contribution is 7.68. The molecule has 0 unspecified atom stereocenters. The topological polar surface area (TPSA) is 64.3 Å². The van der Waals surface area contributed by atoms with Crippen LogP contribution in [0.15, 0.2) is 72.3 Å². The van der Waals surface area contributed by atoms with Crippen molar-refractivity contribution in [3.63, 3.8) is 0 Å². The summed E-state index contributed by atoms with van der Waals surface area (Å²) in [7, 11) is -2.96. The van der Waals surface area contributed by atoms with Crippen LogP contribution in [0.3, 0.4) is 0 Å². The maximum atomic E-state index is 12.7. The third-order valence-electron chi connectivity index (χ3n) is 3.16. The van der Waals surface area contributed by atoms with Gasteiger partial charge in [-0.3, -0.25) is 10.4 Å². The summed E-state index contributed by atoms with van der Waals surface area (Å²) in [5.41, 5.74) is 1.71. The molecule has 106 valence electrons. The minimum Gasteiger partial charge on any atom is -0.456 e.